The molecule has 5 aromatic carbocycles. The fourth-order valence-corrected chi connectivity index (χ4v) is 7.81. The summed E-state index contributed by atoms with van der Waals surface area (Å²) in [5.74, 6) is 0.840. The van der Waals surface area contributed by atoms with E-state index in [1.165, 1.54) is 44.5 Å². The molecule has 2 atom stereocenters. The van der Waals surface area contributed by atoms with Gasteiger partial charge in [0, 0.05) is 6.04 Å². The maximum atomic E-state index is 6.70. The number of benzene rings is 5. The number of fused-ring (bicyclic) bond motifs is 7. The van der Waals surface area contributed by atoms with E-state index in [1.807, 2.05) is 62.4 Å². The quantitative estimate of drug-likeness (QED) is 0.120. The predicted octanol–water partition coefficient (Wildman–Crippen LogP) is 14.4. The van der Waals surface area contributed by atoms with Gasteiger partial charge in [0.05, 0.1) is 5.41 Å². The van der Waals surface area contributed by atoms with Crippen LogP contribution < -0.4 is 5.73 Å². The SMILES string of the molecule is C=C.C=C/C1=C(\C=C/C)CC2(c3ccccc3CO1)c1ccccc1-c1ccc(-c3ccc(C(/C=C/C=C/C=C\C)=C/C(N)c4ccccc4)cc3)cc12.C=CC. The summed E-state index contributed by atoms with van der Waals surface area (Å²) in [7, 11) is 0. The Hall–Kier alpha value is -6.48. The molecule has 2 N–H and O–H groups in total. The highest BCUT2D eigenvalue weighted by Crippen LogP contribution is 2.57. The van der Waals surface area contributed by atoms with Crippen LogP contribution in [0.4, 0.5) is 0 Å². The van der Waals surface area contributed by atoms with Crippen LogP contribution >= 0.6 is 0 Å². The Morgan fingerprint density at radius 1 is 0.684 bits per heavy atom. The average molecular weight is 746 g/mol. The third-order valence-electron chi connectivity index (χ3n) is 10.2. The Morgan fingerprint density at radius 2 is 1.32 bits per heavy atom. The predicted molar refractivity (Wildman–Crippen MR) is 247 cm³/mol. The Morgan fingerprint density at radius 3 is 2.02 bits per heavy atom. The van der Waals surface area contributed by atoms with E-state index in [0.29, 0.717) is 6.61 Å². The van der Waals surface area contributed by atoms with Gasteiger partial charge in [-0.2, -0.15) is 0 Å². The second-order valence-corrected chi connectivity index (χ2v) is 13.7. The van der Waals surface area contributed by atoms with Crippen molar-refractivity contribution in [2.24, 2.45) is 5.73 Å². The highest BCUT2D eigenvalue weighted by molar-refractivity contribution is 5.87. The van der Waals surface area contributed by atoms with E-state index in [1.54, 1.807) is 6.08 Å². The van der Waals surface area contributed by atoms with Crippen LogP contribution in [-0.4, -0.2) is 0 Å². The summed E-state index contributed by atoms with van der Waals surface area (Å²) in [6.45, 7) is 20.0. The van der Waals surface area contributed by atoms with E-state index in [-0.39, 0.29) is 6.04 Å². The molecule has 7 rings (SSSR count). The topological polar surface area (TPSA) is 35.2 Å². The Bertz CT molecular complexity index is 2330. The van der Waals surface area contributed by atoms with Crippen LogP contribution in [-0.2, 0) is 16.8 Å². The molecular weight excluding hydrogens is 691 g/mol. The average Bonchev–Trinajstić information content (AvgIpc) is 3.53. The van der Waals surface area contributed by atoms with E-state index >= 15 is 0 Å². The molecule has 2 unspecified atom stereocenters. The van der Waals surface area contributed by atoms with E-state index in [4.69, 9.17) is 10.5 Å². The molecule has 1 heterocycles. The van der Waals surface area contributed by atoms with Gasteiger partial charge in [0.25, 0.3) is 0 Å². The lowest BCUT2D eigenvalue weighted by atomic mass is 9.66. The molecule has 0 amide bonds. The van der Waals surface area contributed by atoms with Gasteiger partial charge in [-0.25, -0.2) is 0 Å². The van der Waals surface area contributed by atoms with Crippen molar-refractivity contribution in [3.05, 3.63) is 259 Å². The number of hydrogen-bond donors (Lipinski definition) is 1. The van der Waals surface area contributed by atoms with Gasteiger partial charge in [0.2, 0.25) is 0 Å². The molecule has 57 heavy (non-hydrogen) atoms. The molecule has 0 saturated carbocycles. The van der Waals surface area contributed by atoms with Gasteiger partial charge in [-0.15, -0.1) is 19.7 Å². The highest BCUT2D eigenvalue weighted by Gasteiger charge is 2.47. The molecule has 2 nitrogen and oxygen atoms in total. The molecule has 0 fully saturated rings. The number of rotatable bonds is 9. The summed E-state index contributed by atoms with van der Waals surface area (Å²) >= 11 is 0. The fraction of sp³-hybridized carbons (Fsp3) is 0.127. The molecule has 0 radical (unpaired) electrons. The van der Waals surface area contributed by atoms with Crippen molar-refractivity contribution in [3.8, 4) is 22.3 Å². The van der Waals surface area contributed by atoms with Crippen molar-refractivity contribution in [2.45, 2.75) is 45.3 Å². The molecule has 286 valence electrons. The third-order valence-corrected chi connectivity index (χ3v) is 10.2. The minimum absolute atomic E-state index is 0.227. The van der Waals surface area contributed by atoms with Crippen LogP contribution in [0.15, 0.2) is 226 Å². The third kappa shape index (κ3) is 9.15. The van der Waals surface area contributed by atoms with E-state index in [2.05, 4.69) is 167 Å². The second kappa shape index (κ2) is 20.4. The Labute approximate surface area is 341 Å². The smallest absolute Gasteiger partial charge is 0.122 e. The number of ether oxygens (including phenoxy) is 1. The summed E-state index contributed by atoms with van der Waals surface area (Å²) in [4.78, 5) is 0. The first kappa shape index (κ1) is 41.7. The standard InChI is InChI=1S/C50H45NO.C3H6.C2H4/c1-4-7-8-9-11-21-39(33-48(51)38-19-12-10-13-20-38)36-26-28-37(29-27-36)40-30-31-44-43-23-15-17-25-46(43)50(47(44)32-40)34-41(18-5-2)49(6-3)52-35-42-22-14-16-24-45(42)50;1-3-2;1-2/h4-33,48H,3,34-35,51H2,1-2H3;3H,1H2,2H3;1-2H2/b7-4-,9-8+,18-5-,21-11+,39-33+,49-41-;;. The van der Waals surface area contributed by atoms with Crippen LogP contribution in [0.3, 0.4) is 0 Å². The van der Waals surface area contributed by atoms with Crippen LogP contribution in [0, 0.1) is 0 Å². The monoisotopic (exact) mass is 745 g/mol. The molecule has 0 aromatic heterocycles. The number of allylic oxidation sites excluding steroid dienone is 12. The molecular formula is C55H55NO. The number of nitrogens with two attached hydrogens (primary N) is 1. The van der Waals surface area contributed by atoms with Crippen molar-refractivity contribution in [1.82, 2.24) is 0 Å². The molecule has 0 saturated heterocycles. The Kier molecular flexibility index (Phi) is 14.9. The van der Waals surface area contributed by atoms with Crippen LogP contribution in [0.1, 0.15) is 66.6 Å². The van der Waals surface area contributed by atoms with Gasteiger partial charge in [0.15, 0.2) is 0 Å². The van der Waals surface area contributed by atoms with Crippen molar-refractivity contribution >= 4 is 5.57 Å². The van der Waals surface area contributed by atoms with Gasteiger partial charge in [-0.05, 0) is 106 Å². The largest absolute Gasteiger partial charge is 0.489 e. The lowest BCUT2D eigenvalue weighted by Crippen LogP contribution is -2.30. The Balaban J connectivity index is 0.00000118. The lowest BCUT2D eigenvalue weighted by Gasteiger charge is -2.37. The zero-order chi connectivity index (χ0) is 40.6. The van der Waals surface area contributed by atoms with Crippen molar-refractivity contribution in [3.63, 3.8) is 0 Å². The van der Waals surface area contributed by atoms with Gasteiger partial charge < -0.3 is 10.5 Å². The van der Waals surface area contributed by atoms with Crippen LogP contribution in [0.25, 0.3) is 27.8 Å². The molecule has 1 spiro atoms. The summed E-state index contributed by atoms with van der Waals surface area (Å²) in [5, 5.41) is 0. The molecule has 5 aromatic rings. The summed E-state index contributed by atoms with van der Waals surface area (Å²) in [6, 6.07) is 43.6. The second-order valence-electron chi connectivity index (χ2n) is 13.7. The normalized spacial score (nSPS) is 17.7. The van der Waals surface area contributed by atoms with Gasteiger partial charge in [-0.1, -0.05) is 183 Å². The molecule has 1 aliphatic heterocycles. The van der Waals surface area contributed by atoms with Crippen LogP contribution in [0.5, 0.6) is 0 Å². The van der Waals surface area contributed by atoms with Gasteiger partial charge in [0.1, 0.15) is 12.4 Å². The van der Waals surface area contributed by atoms with Crippen LogP contribution in [0.2, 0.25) is 0 Å². The minimum Gasteiger partial charge on any atom is -0.489 e. The molecule has 2 heteroatoms. The first-order chi connectivity index (χ1) is 28.0. The molecule has 0 bridgehead atoms. The maximum absolute atomic E-state index is 6.70. The van der Waals surface area contributed by atoms with E-state index in [0.717, 1.165) is 34.5 Å². The zero-order valence-corrected chi connectivity index (χ0v) is 33.7. The maximum Gasteiger partial charge on any atom is 0.122 e. The van der Waals surface area contributed by atoms with Gasteiger partial charge in [-0.3, -0.25) is 0 Å². The fourth-order valence-electron chi connectivity index (χ4n) is 7.81. The van der Waals surface area contributed by atoms with Gasteiger partial charge >= 0.3 is 0 Å². The van der Waals surface area contributed by atoms with E-state index in [9.17, 15) is 0 Å². The summed E-state index contributed by atoms with van der Waals surface area (Å²) in [5.41, 5.74) is 20.8. The zero-order valence-electron chi connectivity index (χ0n) is 33.7. The highest BCUT2D eigenvalue weighted by atomic mass is 16.5. The van der Waals surface area contributed by atoms with E-state index < -0.39 is 5.41 Å². The minimum atomic E-state index is -0.403. The summed E-state index contributed by atoms with van der Waals surface area (Å²) in [6.07, 6.45) is 23.1. The lowest BCUT2D eigenvalue weighted by molar-refractivity contribution is 0.202. The number of hydrogen-bond acceptors (Lipinski definition) is 2. The molecule has 1 aliphatic carbocycles. The molecule has 2 aliphatic rings. The summed E-state index contributed by atoms with van der Waals surface area (Å²) < 4.78 is 6.40. The van der Waals surface area contributed by atoms with Crippen molar-refractivity contribution < 1.29 is 4.74 Å². The van der Waals surface area contributed by atoms with Crippen molar-refractivity contribution in [2.75, 3.05) is 0 Å². The first-order valence-electron chi connectivity index (χ1n) is 19.6. The van der Waals surface area contributed by atoms with Crippen molar-refractivity contribution in [1.29, 1.82) is 0 Å². The first-order valence-corrected chi connectivity index (χ1v) is 19.6.